The lowest BCUT2D eigenvalue weighted by molar-refractivity contribution is 1.81. The van der Waals surface area contributed by atoms with Crippen LogP contribution in [0.25, 0.3) is 61.2 Å². The first-order chi connectivity index (χ1) is 14.8. The third-order valence-electron chi connectivity index (χ3n) is 5.69. The van der Waals surface area contributed by atoms with Crippen LogP contribution in [0.1, 0.15) is 0 Å². The van der Waals surface area contributed by atoms with Crippen LogP contribution < -0.4 is 0 Å². The highest BCUT2D eigenvalue weighted by atomic mass is 32.1. The maximum absolute atomic E-state index is 2.36. The number of rotatable bonds is 2. The molecule has 0 aliphatic carbocycles. The lowest BCUT2D eigenvalue weighted by atomic mass is 10.1. The van der Waals surface area contributed by atoms with Gasteiger partial charge in [0.25, 0.3) is 0 Å². The van der Waals surface area contributed by atoms with Gasteiger partial charge in [0, 0.05) is 40.7 Å². The summed E-state index contributed by atoms with van der Waals surface area (Å²) in [7, 11) is 0. The van der Waals surface area contributed by atoms with E-state index in [1.54, 1.807) is 22.7 Å². The highest BCUT2D eigenvalue weighted by Gasteiger charge is 2.14. The van der Waals surface area contributed by atoms with Crippen molar-refractivity contribution in [2.45, 2.75) is 0 Å². The number of hydrogen-bond acceptors (Lipinski definition) is 4. The summed E-state index contributed by atoms with van der Waals surface area (Å²) in [6.07, 6.45) is 0. The Morgan fingerprint density at radius 3 is 1.37 bits per heavy atom. The zero-order chi connectivity index (χ0) is 19.7. The first-order valence-electron chi connectivity index (χ1n) is 9.74. The van der Waals surface area contributed by atoms with Crippen molar-refractivity contribution in [1.82, 2.24) is 0 Å². The smallest absolute Gasteiger partial charge is 0.0534 e. The van der Waals surface area contributed by atoms with E-state index in [0.29, 0.717) is 0 Å². The molecule has 0 unspecified atom stereocenters. The molecule has 3 aromatic carbocycles. The van der Waals surface area contributed by atoms with E-state index in [-0.39, 0.29) is 0 Å². The Bertz CT molecular complexity index is 1550. The Morgan fingerprint density at radius 1 is 0.467 bits per heavy atom. The number of benzene rings is 3. The molecule has 30 heavy (non-hydrogen) atoms. The topological polar surface area (TPSA) is 0 Å². The number of hydrogen-bond donors (Lipinski definition) is 0. The van der Waals surface area contributed by atoms with Crippen molar-refractivity contribution in [3.05, 3.63) is 83.6 Å². The van der Waals surface area contributed by atoms with Crippen molar-refractivity contribution in [2.24, 2.45) is 0 Å². The summed E-state index contributed by atoms with van der Waals surface area (Å²) in [5.41, 5.74) is 2.63. The summed E-state index contributed by atoms with van der Waals surface area (Å²) in [5.74, 6) is 0. The van der Waals surface area contributed by atoms with Crippen LogP contribution in [-0.4, -0.2) is 0 Å². The van der Waals surface area contributed by atoms with Crippen molar-refractivity contribution in [1.29, 1.82) is 0 Å². The fourth-order valence-corrected chi connectivity index (χ4v) is 8.33. The minimum Gasteiger partial charge on any atom is -0.144 e. The second-order valence-corrected chi connectivity index (χ2v) is 11.4. The van der Waals surface area contributed by atoms with Gasteiger partial charge in [0.2, 0.25) is 0 Å². The quantitative estimate of drug-likeness (QED) is 0.244. The SMILES string of the molecule is c1csc(-c2ccc3c(c2)sc2c3ccc3c4ccc(-c5cccs5)cc4sc32)c1. The van der Waals surface area contributed by atoms with Crippen LogP contribution in [0.2, 0.25) is 0 Å². The molecule has 7 aromatic rings. The van der Waals surface area contributed by atoms with E-state index in [1.807, 2.05) is 22.7 Å². The molecule has 0 nitrogen and oxygen atoms in total. The van der Waals surface area contributed by atoms with Crippen LogP contribution in [0.4, 0.5) is 0 Å². The molecule has 4 heteroatoms. The van der Waals surface area contributed by atoms with Gasteiger partial charge in [-0.15, -0.1) is 45.3 Å². The third-order valence-corrected chi connectivity index (χ3v) is 10.0. The number of thiophene rings is 4. The van der Waals surface area contributed by atoms with Crippen molar-refractivity contribution < 1.29 is 0 Å². The Hall–Kier alpha value is -2.50. The Balaban J connectivity index is 1.49. The Morgan fingerprint density at radius 2 is 0.933 bits per heavy atom. The summed E-state index contributed by atoms with van der Waals surface area (Å²) < 4.78 is 5.59. The summed E-state index contributed by atoms with van der Waals surface area (Å²) in [6.45, 7) is 0. The van der Waals surface area contributed by atoms with Crippen molar-refractivity contribution >= 4 is 85.7 Å². The second-order valence-electron chi connectivity index (χ2n) is 7.40. The summed E-state index contributed by atoms with van der Waals surface area (Å²) in [4.78, 5) is 2.67. The van der Waals surface area contributed by atoms with Gasteiger partial charge < -0.3 is 0 Å². The van der Waals surface area contributed by atoms with Crippen LogP contribution in [0.15, 0.2) is 83.6 Å². The van der Waals surface area contributed by atoms with Crippen LogP contribution in [0.3, 0.4) is 0 Å². The van der Waals surface area contributed by atoms with E-state index >= 15 is 0 Å². The molecule has 0 atom stereocenters. The molecule has 4 heterocycles. The van der Waals surface area contributed by atoms with E-state index in [0.717, 1.165) is 0 Å². The molecule has 0 N–H and O–H groups in total. The molecule has 142 valence electrons. The lowest BCUT2D eigenvalue weighted by Crippen LogP contribution is -1.72. The Labute approximate surface area is 189 Å². The number of fused-ring (bicyclic) bond motifs is 7. The maximum atomic E-state index is 2.36. The van der Waals surface area contributed by atoms with Crippen LogP contribution in [0.5, 0.6) is 0 Å². The first-order valence-corrected chi connectivity index (χ1v) is 13.1. The van der Waals surface area contributed by atoms with Gasteiger partial charge in [0.1, 0.15) is 0 Å². The Kier molecular flexibility index (Phi) is 3.73. The van der Waals surface area contributed by atoms with E-state index in [4.69, 9.17) is 0 Å². The molecule has 0 bridgehead atoms. The fraction of sp³-hybridized carbons (Fsp3) is 0. The molecule has 4 aromatic heterocycles. The van der Waals surface area contributed by atoms with Crippen molar-refractivity contribution in [3.63, 3.8) is 0 Å². The average molecular weight is 455 g/mol. The minimum atomic E-state index is 1.32. The van der Waals surface area contributed by atoms with Gasteiger partial charge in [-0.05, 0) is 46.2 Å². The van der Waals surface area contributed by atoms with Crippen molar-refractivity contribution in [3.8, 4) is 20.9 Å². The second kappa shape index (κ2) is 6.50. The van der Waals surface area contributed by atoms with Gasteiger partial charge in [-0.3, -0.25) is 0 Å². The van der Waals surface area contributed by atoms with E-state index < -0.39 is 0 Å². The molecule has 0 aliphatic rings. The molecule has 0 fully saturated rings. The van der Waals surface area contributed by atoms with Gasteiger partial charge in [-0.25, -0.2) is 0 Å². The largest absolute Gasteiger partial charge is 0.144 e. The van der Waals surface area contributed by atoms with Crippen molar-refractivity contribution in [2.75, 3.05) is 0 Å². The first kappa shape index (κ1) is 17.2. The fourth-order valence-electron chi connectivity index (χ4n) is 4.26. The average Bonchev–Trinajstić information content (AvgIpc) is 3.57. The molecular formula is C26H14S4. The molecule has 0 saturated carbocycles. The van der Waals surface area contributed by atoms with Gasteiger partial charge >= 0.3 is 0 Å². The highest BCUT2D eigenvalue weighted by Crippen LogP contribution is 2.46. The molecule has 7 rings (SSSR count). The predicted molar refractivity (Wildman–Crippen MR) is 139 cm³/mol. The van der Waals surface area contributed by atoms with E-state index in [2.05, 4.69) is 83.6 Å². The van der Waals surface area contributed by atoms with Gasteiger partial charge in [-0.1, -0.05) is 48.5 Å². The molecular weight excluding hydrogens is 441 g/mol. The predicted octanol–water partition coefficient (Wildman–Crippen LogP) is 9.88. The van der Waals surface area contributed by atoms with Crippen LogP contribution in [0, 0.1) is 0 Å². The molecule has 0 radical (unpaired) electrons. The molecule has 0 saturated heterocycles. The van der Waals surface area contributed by atoms with Gasteiger partial charge in [-0.2, -0.15) is 0 Å². The monoisotopic (exact) mass is 454 g/mol. The highest BCUT2D eigenvalue weighted by molar-refractivity contribution is 7.33. The van der Waals surface area contributed by atoms with Crippen LogP contribution in [-0.2, 0) is 0 Å². The zero-order valence-corrected chi connectivity index (χ0v) is 19.0. The summed E-state index contributed by atoms with van der Waals surface area (Å²) in [6, 6.07) is 27.2. The minimum absolute atomic E-state index is 1.32. The normalized spacial score (nSPS) is 12.0. The third kappa shape index (κ3) is 2.48. The van der Waals surface area contributed by atoms with Gasteiger partial charge in [0.05, 0.1) is 9.40 Å². The van der Waals surface area contributed by atoms with Gasteiger partial charge in [0.15, 0.2) is 0 Å². The van der Waals surface area contributed by atoms with E-state index in [9.17, 15) is 0 Å². The standard InChI is InChI=1S/C26H14S4/c1-3-21(27-11-1)15-5-7-17-19-9-10-20-18-8-6-16(22-4-2-12-28-22)14-24(18)30-26(20)25(19)29-23(17)13-15/h1-14H. The molecule has 0 spiro atoms. The molecule has 0 amide bonds. The summed E-state index contributed by atoms with van der Waals surface area (Å²) >= 11 is 7.48. The molecule has 0 aliphatic heterocycles. The zero-order valence-electron chi connectivity index (χ0n) is 15.7. The summed E-state index contributed by atoms with van der Waals surface area (Å²) in [5, 5.41) is 9.80. The van der Waals surface area contributed by atoms with Crippen LogP contribution >= 0.6 is 45.3 Å². The van der Waals surface area contributed by atoms with E-state index in [1.165, 1.54) is 61.2 Å². The lowest BCUT2D eigenvalue weighted by Gasteiger charge is -1.98. The maximum Gasteiger partial charge on any atom is 0.0534 e.